The molecule has 1 saturated heterocycles. The van der Waals surface area contributed by atoms with E-state index in [2.05, 4.69) is 24.9 Å². The summed E-state index contributed by atoms with van der Waals surface area (Å²) >= 11 is 0. The van der Waals surface area contributed by atoms with E-state index in [1.54, 1.807) is 24.3 Å². The molecule has 9 heteroatoms. The first-order valence-corrected chi connectivity index (χ1v) is 11.9. The Labute approximate surface area is 188 Å². The van der Waals surface area contributed by atoms with Crippen molar-refractivity contribution < 1.29 is 8.42 Å². The molecule has 8 nitrogen and oxygen atoms in total. The highest BCUT2D eigenvalue weighted by atomic mass is 32.2. The summed E-state index contributed by atoms with van der Waals surface area (Å²) in [6, 6.07) is 16.6. The summed E-state index contributed by atoms with van der Waals surface area (Å²) in [5.74, 6) is 1.43. The number of aromatic nitrogens is 2. The van der Waals surface area contributed by atoms with Crippen LogP contribution in [0.3, 0.4) is 0 Å². The zero-order chi connectivity index (χ0) is 22.6. The maximum Gasteiger partial charge on any atom is 0.261 e. The number of rotatable bonds is 6. The Kier molecular flexibility index (Phi) is 6.23. The monoisotopic (exact) mass is 448 g/mol. The molecule has 2 heterocycles. The second-order valence-corrected chi connectivity index (χ2v) is 9.37. The van der Waals surface area contributed by atoms with E-state index in [4.69, 9.17) is 5.26 Å². The minimum absolute atomic E-state index is 0.0945. The molecule has 1 aliphatic rings. The van der Waals surface area contributed by atoms with Gasteiger partial charge in [0.25, 0.3) is 10.0 Å². The van der Waals surface area contributed by atoms with Gasteiger partial charge in [-0.2, -0.15) is 10.2 Å². The van der Waals surface area contributed by atoms with Crippen molar-refractivity contribution in [2.24, 2.45) is 0 Å². The van der Waals surface area contributed by atoms with E-state index in [0.29, 0.717) is 17.2 Å². The fourth-order valence-corrected chi connectivity index (χ4v) is 4.62. The molecule has 3 aromatic rings. The highest BCUT2D eigenvalue weighted by molar-refractivity contribution is 7.92. The first kappa shape index (κ1) is 21.6. The first-order chi connectivity index (χ1) is 15.4. The Bertz CT molecular complexity index is 1230. The Morgan fingerprint density at radius 3 is 2.25 bits per heavy atom. The number of benzene rings is 2. The number of anilines is 4. The fraction of sp³-hybridized carbons (Fsp3) is 0.261. The van der Waals surface area contributed by atoms with Crippen LogP contribution in [0, 0.1) is 18.3 Å². The van der Waals surface area contributed by atoms with Crippen LogP contribution in [0.25, 0.3) is 0 Å². The van der Waals surface area contributed by atoms with Crippen LogP contribution in [0.4, 0.5) is 23.1 Å². The largest absolute Gasteiger partial charge is 0.356 e. The van der Waals surface area contributed by atoms with Crippen LogP contribution < -0.4 is 14.9 Å². The van der Waals surface area contributed by atoms with Crippen LogP contribution in [0.1, 0.15) is 30.5 Å². The van der Waals surface area contributed by atoms with E-state index in [-0.39, 0.29) is 4.90 Å². The van der Waals surface area contributed by atoms with Gasteiger partial charge in [0, 0.05) is 36.2 Å². The predicted octanol–water partition coefficient (Wildman–Crippen LogP) is 4.19. The molecule has 2 aromatic carbocycles. The topological polar surface area (TPSA) is 111 Å². The standard InChI is InChI=1S/C23H24N6O2S/c1-17-15-22(29-13-3-2-4-14-29)27-23(25-17)26-19-7-9-20(10-8-19)28-32(30,31)21-11-5-18(16-24)6-12-21/h5-12,15,28H,2-4,13-14H2,1H3,(H,25,26,27). The zero-order valence-electron chi connectivity index (χ0n) is 17.7. The maximum absolute atomic E-state index is 12.6. The van der Waals surface area contributed by atoms with Crippen molar-refractivity contribution in [2.75, 3.05) is 28.0 Å². The van der Waals surface area contributed by atoms with Gasteiger partial charge in [-0.25, -0.2) is 13.4 Å². The molecule has 0 amide bonds. The molecule has 4 rings (SSSR count). The van der Waals surface area contributed by atoms with Crippen LogP contribution >= 0.6 is 0 Å². The Hall–Kier alpha value is -3.64. The van der Waals surface area contributed by atoms with Gasteiger partial charge in [-0.05, 0) is 74.7 Å². The third kappa shape index (κ3) is 5.15. The number of piperidine rings is 1. The molecule has 1 aliphatic heterocycles. The molecule has 1 fully saturated rings. The number of hydrogen-bond donors (Lipinski definition) is 2. The third-order valence-electron chi connectivity index (χ3n) is 5.21. The summed E-state index contributed by atoms with van der Waals surface area (Å²) in [4.78, 5) is 11.5. The number of nitrogens with zero attached hydrogens (tertiary/aromatic N) is 4. The molecule has 0 unspecified atom stereocenters. The van der Waals surface area contributed by atoms with Crippen molar-refractivity contribution in [2.45, 2.75) is 31.1 Å². The quantitative estimate of drug-likeness (QED) is 0.581. The highest BCUT2D eigenvalue weighted by Gasteiger charge is 2.15. The molecular weight excluding hydrogens is 424 g/mol. The van der Waals surface area contributed by atoms with E-state index >= 15 is 0 Å². The predicted molar refractivity (Wildman–Crippen MR) is 125 cm³/mol. The summed E-state index contributed by atoms with van der Waals surface area (Å²) < 4.78 is 27.7. The zero-order valence-corrected chi connectivity index (χ0v) is 18.6. The lowest BCUT2D eigenvalue weighted by Crippen LogP contribution is -2.30. The molecule has 0 radical (unpaired) electrons. The number of aryl methyl sites for hydroxylation is 1. The molecule has 0 bridgehead atoms. The van der Waals surface area contributed by atoms with Gasteiger partial charge in [-0.1, -0.05) is 0 Å². The van der Waals surface area contributed by atoms with Crippen molar-refractivity contribution in [3.05, 3.63) is 65.9 Å². The molecule has 1 aromatic heterocycles. The van der Waals surface area contributed by atoms with E-state index in [9.17, 15) is 8.42 Å². The van der Waals surface area contributed by atoms with Gasteiger partial charge in [-0.3, -0.25) is 4.72 Å². The van der Waals surface area contributed by atoms with Crippen molar-refractivity contribution in [1.82, 2.24) is 9.97 Å². The molecule has 0 spiro atoms. The fourth-order valence-electron chi connectivity index (χ4n) is 3.57. The van der Waals surface area contributed by atoms with Crippen LogP contribution in [-0.4, -0.2) is 31.5 Å². The normalized spacial score (nSPS) is 13.9. The average Bonchev–Trinajstić information content (AvgIpc) is 2.80. The third-order valence-corrected chi connectivity index (χ3v) is 6.60. The maximum atomic E-state index is 12.6. The van der Waals surface area contributed by atoms with Gasteiger partial charge in [-0.15, -0.1) is 0 Å². The molecule has 32 heavy (non-hydrogen) atoms. The summed E-state index contributed by atoms with van der Waals surface area (Å²) in [5.41, 5.74) is 2.47. The van der Waals surface area contributed by atoms with Crippen molar-refractivity contribution in [3.8, 4) is 6.07 Å². The highest BCUT2D eigenvalue weighted by Crippen LogP contribution is 2.23. The van der Waals surface area contributed by atoms with Crippen LogP contribution in [0.2, 0.25) is 0 Å². The SMILES string of the molecule is Cc1cc(N2CCCCC2)nc(Nc2ccc(NS(=O)(=O)c3ccc(C#N)cc3)cc2)n1. The number of nitriles is 1. The Morgan fingerprint density at radius 2 is 1.59 bits per heavy atom. The lowest BCUT2D eigenvalue weighted by Gasteiger charge is -2.28. The van der Waals surface area contributed by atoms with E-state index in [0.717, 1.165) is 30.3 Å². The molecule has 0 aliphatic carbocycles. The number of hydrogen-bond acceptors (Lipinski definition) is 7. The Morgan fingerprint density at radius 1 is 0.938 bits per heavy atom. The number of nitrogens with one attached hydrogen (secondary N) is 2. The summed E-state index contributed by atoms with van der Waals surface area (Å²) in [5, 5.41) is 12.1. The summed E-state index contributed by atoms with van der Waals surface area (Å²) in [6.45, 7) is 3.95. The summed E-state index contributed by atoms with van der Waals surface area (Å²) in [6.07, 6.45) is 3.60. The van der Waals surface area contributed by atoms with Gasteiger partial charge in [0.05, 0.1) is 16.5 Å². The Balaban J connectivity index is 1.46. The van der Waals surface area contributed by atoms with Gasteiger partial charge in [0.1, 0.15) is 5.82 Å². The molecule has 2 N–H and O–H groups in total. The van der Waals surface area contributed by atoms with E-state index in [1.165, 1.54) is 43.5 Å². The second kappa shape index (κ2) is 9.24. The minimum atomic E-state index is -3.74. The van der Waals surface area contributed by atoms with Crippen molar-refractivity contribution in [1.29, 1.82) is 5.26 Å². The second-order valence-electron chi connectivity index (χ2n) is 7.68. The lowest BCUT2D eigenvalue weighted by molar-refractivity contribution is 0.573. The first-order valence-electron chi connectivity index (χ1n) is 10.4. The molecule has 164 valence electrons. The lowest BCUT2D eigenvalue weighted by atomic mass is 10.1. The molecule has 0 saturated carbocycles. The average molecular weight is 449 g/mol. The van der Waals surface area contributed by atoms with Crippen LogP contribution in [0.15, 0.2) is 59.5 Å². The van der Waals surface area contributed by atoms with Crippen molar-refractivity contribution >= 4 is 33.2 Å². The van der Waals surface area contributed by atoms with Gasteiger partial charge < -0.3 is 10.2 Å². The smallest absolute Gasteiger partial charge is 0.261 e. The summed E-state index contributed by atoms with van der Waals surface area (Å²) in [7, 11) is -3.74. The van der Waals surface area contributed by atoms with Crippen LogP contribution in [-0.2, 0) is 10.0 Å². The minimum Gasteiger partial charge on any atom is -0.356 e. The van der Waals surface area contributed by atoms with Crippen LogP contribution in [0.5, 0.6) is 0 Å². The van der Waals surface area contributed by atoms with E-state index in [1.807, 2.05) is 19.1 Å². The van der Waals surface area contributed by atoms with Crippen molar-refractivity contribution in [3.63, 3.8) is 0 Å². The van der Waals surface area contributed by atoms with Gasteiger partial charge >= 0.3 is 0 Å². The van der Waals surface area contributed by atoms with Gasteiger partial charge in [0.15, 0.2) is 0 Å². The molecule has 0 atom stereocenters. The number of sulfonamides is 1. The van der Waals surface area contributed by atoms with E-state index < -0.39 is 10.0 Å². The molecular formula is C23H24N6O2S. The van der Waals surface area contributed by atoms with Gasteiger partial charge in [0.2, 0.25) is 5.95 Å².